The average Bonchev–Trinajstić information content (AvgIpc) is 3.12. The summed E-state index contributed by atoms with van der Waals surface area (Å²) in [5.74, 6) is 0.222. The van der Waals surface area contributed by atoms with Gasteiger partial charge in [0.1, 0.15) is 16.1 Å². The average molecular weight is 457 g/mol. The highest BCUT2D eigenvalue weighted by Crippen LogP contribution is 2.34. The molecule has 0 saturated heterocycles. The predicted octanol–water partition coefficient (Wildman–Crippen LogP) is 5.18. The van der Waals surface area contributed by atoms with Crippen molar-refractivity contribution in [1.82, 2.24) is 4.72 Å². The fourth-order valence-corrected chi connectivity index (χ4v) is 4.89. The van der Waals surface area contributed by atoms with E-state index in [0.717, 1.165) is 22.3 Å². The Balaban J connectivity index is 1.80. The van der Waals surface area contributed by atoms with Crippen LogP contribution in [0.4, 0.5) is 10.3 Å². The van der Waals surface area contributed by atoms with Gasteiger partial charge in [-0.15, -0.1) is 4.72 Å². The maximum Gasteiger partial charge on any atom is 0.203 e. The van der Waals surface area contributed by atoms with Gasteiger partial charge >= 0.3 is 0 Å². The van der Waals surface area contributed by atoms with Crippen LogP contribution in [-0.2, 0) is 24.5 Å². The lowest BCUT2D eigenvalue weighted by molar-refractivity contribution is 0.527. The summed E-state index contributed by atoms with van der Waals surface area (Å²) in [6, 6.07) is 8.28. The van der Waals surface area contributed by atoms with E-state index in [0.29, 0.717) is 35.5 Å². The third-order valence-electron chi connectivity index (χ3n) is 5.85. The number of hydrogen-bond acceptors (Lipinski definition) is 5. The minimum absolute atomic E-state index is 0.0857. The van der Waals surface area contributed by atoms with Crippen molar-refractivity contribution in [3.8, 4) is 0 Å². The monoisotopic (exact) mass is 456 g/mol. The zero-order valence-electron chi connectivity index (χ0n) is 19.3. The second kappa shape index (κ2) is 8.21. The van der Waals surface area contributed by atoms with Crippen LogP contribution in [0.5, 0.6) is 0 Å². The molecule has 170 valence electrons. The molecule has 3 aromatic rings. The minimum Gasteiger partial charge on any atom is -0.598 e. The van der Waals surface area contributed by atoms with Crippen molar-refractivity contribution in [2.75, 3.05) is 4.90 Å². The number of nitrogens with one attached hydrogen (secondary N) is 1. The molecule has 0 fully saturated rings. The van der Waals surface area contributed by atoms with Gasteiger partial charge in [0.2, 0.25) is 5.88 Å². The van der Waals surface area contributed by atoms with Gasteiger partial charge in [-0.25, -0.2) is 4.39 Å². The molecular weight excluding hydrogens is 427 g/mol. The van der Waals surface area contributed by atoms with Gasteiger partial charge in [0.15, 0.2) is 5.43 Å². The van der Waals surface area contributed by atoms with Gasteiger partial charge in [-0.2, -0.15) is 0 Å². The van der Waals surface area contributed by atoms with E-state index in [1.54, 1.807) is 13.0 Å². The molecule has 1 aromatic heterocycles. The molecule has 4 rings (SSSR count). The number of rotatable bonds is 4. The highest BCUT2D eigenvalue weighted by atomic mass is 32.2. The molecule has 0 radical (unpaired) electrons. The molecule has 0 unspecified atom stereocenters. The largest absolute Gasteiger partial charge is 0.598 e. The van der Waals surface area contributed by atoms with Crippen molar-refractivity contribution in [3.05, 3.63) is 74.2 Å². The predicted molar refractivity (Wildman–Crippen MR) is 128 cm³/mol. The molecule has 0 spiro atoms. The van der Waals surface area contributed by atoms with Crippen LogP contribution in [0.2, 0.25) is 0 Å². The SMILES string of the molecule is Cc1cc([C@@H](C)N[S@@+]([O-])C(C)(C)C)c2oc(N3Cc4ccc(F)cc4C3)c(C)c(=O)c2c1. The van der Waals surface area contributed by atoms with Gasteiger partial charge in [0.05, 0.1) is 17.0 Å². The van der Waals surface area contributed by atoms with E-state index in [-0.39, 0.29) is 17.3 Å². The van der Waals surface area contributed by atoms with Crippen LogP contribution in [0.1, 0.15) is 61.6 Å². The van der Waals surface area contributed by atoms with Gasteiger partial charge in [-0.05, 0) is 76.4 Å². The lowest BCUT2D eigenvalue weighted by atomic mass is 10.0. The smallest absolute Gasteiger partial charge is 0.203 e. The van der Waals surface area contributed by atoms with Crippen LogP contribution in [0.15, 0.2) is 39.5 Å². The second-order valence-electron chi connectivity index (χ2n) is 9.58. The van der Waals surface area contributed by atoms with E-state index in [1.807, 2.05) is 51.7 Å². The fraction of sp³-hybridized carbons (Fsp3) is 0.400. The highest BCUT2D eigenvalue weighted by molar-refractivity contribution is 7.90. The summed E-state index contributed by atoms with van der Waals surface area (Å²) in [6.07, 6.45) is 0. The van der Waals surface area contributed by atoms with Crippen LogP contribution in [-0.4, -0.2) is 9.30 Å². The normalized spacial score (nSPS) is 15.8. The first-order valence-electron chi connectivity index (χ1n) is 10.7. The summed E-state index contributed by atoms with van der Waals surface area (Å²) in [7, 11) is 0. The van der Waals surface area contributed by atoms with E-state index >= 15 is 0 Å². The zero-order valence-corrected chi connectivity index (χ0v) is 20.2. The molecule has 32 heavy (non-hydrogen) atoms. The van der Waals surface area contributed by atoms with Crippen molar-refractivity contribution < 1.29 is 13.4 Å². The van der Waals surface area contributed by atoms with E-state index in [2.05, 4.69) is 4.72 Å². The molecule has 2 aromatic carbocycles. The molecule has 1 aliphatic heterocycles. The highest BCUT2D eigenvalue weighted by Gasteiger charge is 2.30. The summed E-state index contributed by atoms with van der Waals surface area (Å²) in [5.41, 5.74) is 4.58. The minimum atomic E-state index is -1.28. The fourth-order valence-electron chi connectivity index (χ4n) is 4.09. The standard InChI is InChI=1S/C25H29FN2O3S/c1-14-9-20(16(3)27-32(30)25(4,5)6)23-21(10-14)22(29)15(2)24(31-23)28-12-17-7-8-19(26)11-18(17)13-28/h7-11,16,27H,12-13H2,1-6H3/t16-,32+/m1/s1. The molecule has 2 heterocycles. The Kier molecular flexibility index (Phi) is 5.86. The lowest BCUT2D eigenvalue weighted by Gasteiger charge is -2.27. The van der Waals surface area contributed by atoms with Crippen LogP contribution in [0.25, 0.3) is 11.0 Å². The van der Waals surface area contributed by atoms with Crippen molar-refractivity contribution in [3.63, 3.8) is 0 Å². The Hall–Kier alpha value is -2.35. The number of nitrogens with zero attached hydrogens (tertiary/aromatic N) is 1. The molecule has 7 heteroatoms. The lowest BCUT2D eigenvalue weighted by Crippen LogP contribution is -2.40. The zero-order chi connectivity index (χ0) is 23.4. The molecule has 5 nitrogen and oxygen atoms in total. The van der Waals surface area contributed by atoms with Crippen molar-refractivity contribution >= 4 is 28.2 Å². The molecule has 2 atom stereocenters. The number of aryl methyl sites for hydroxylation is 1. The molecule has 0 amide bonds. The number of halogens is 1. The Morgan fingerprint density at radius 3 is 2.53 bits per heavy atom. The summed E-state index contributed by atoms with van der Waals surface area (Å²) < 4.78 is 35.5. The van der Waals surface area contributed by atoms with E-state index in [9.17, 15) is 13.7 Å². The Labute approximate surface area is 190 Å². The molecule has 1 N–H and O–H groups in total. The summed E-state index contributed by atoms with van der Waals surface area (Å²) in [4.78, 5) is 15.3. The van der Waals surface area contributed by atoms with Gasteiger partial charge in [-0.1, -0.05) is 12.1 Å². The number of benzene rings is 2. The first kappa shape index (κ1) is 22.8. The Morgan fingerprint density at radius 1 is 1.16 bits per heavy atom. The first-order chi connectivity index (χ1) is 15.0. The van der Waals surface area contributed by atoms with Crippen molar-refractivity contribution in [2.45, 2.75) is 65.4 Å². The van der Waals surface area contributed by atoms with Gasteiger partial charge in [0, 0.05) is 30.0 Å². The van der Waals surface area contributed by atoms with Gasteiger partial charge in [-0.3, -0.25) is 4.79 Å². The van der Waals surface area contributed by atoms with E-state index in [4.69, 9.17) is 4.42 Å². The van der Waals surface area contributed by atoms with Gasteiger partial charge in [0.25, 0.3) is 0 Å². The molecule has 1 aliphatic rings. The van der Waals surface area contributed by atoms with Crippen LogP contribution in [0.3, 0.4) is 0 Å². The Morgan fingerprint density at radius 2 is 1.84 bits per heavy atom. The van der Waals surface area contributed by atoms with E-state index < -0.39 is 16.1 Å². The summed E-state index contributed by atoms with van der Waals surface area (Å²) in [6.45, 7) is 12.4. The molecule has 0 saturated carbocycles. The summed E-state index contributed by atoms with van der Waals surface area (Å²) in [5, 5.41) is 0.513. The topological polar surface area (TPSA) is 68.5 Å². The van der Waals surface area contributed by atoms with Crippen LogP contribution in [0, 0.1) is 19.7 Å². The Bertz CT molecular complexity index is 1250. The van der Waals surface area contributed by atoms with Crippen LogP contribution >= 0.6 is 0 Å². The molecule has 0 aliphatic carbocycles. The van der Waals surface area contributed by atoms with Crippen molar-refractivity contribution in [1.29, 1.82) is 0 Å². The number of anilines is 1. The van der Waals surface area contributed by atoms with Gasteiger partial charge < -0.3 is 13.9 Å². The van der Waals surface area contributed by atoms with Crippen LogP contribution < -0.4 is 15.1 Å². The maximum absolute atomic E-state index is 13.7. The van der Waals surface area contributed by atoms with Crippen molar-refractivity contribution in [2.24, 2.45) is 0 Å². The number of hydrogen-bond donors (Lipinski definition) is 1. The first-order valence-corrected chi connectivity index (χ1v) is 11.9. The second-order valence-corrected chi connectivity index (χ2v) is 11.6. The number of fused-ring (bicyclic) bond motifs is 2. The quantitative estimate of drug-likeness (QED) is 0.548. The third-order valence-corrected chi connectivity index (χ3v) is 7.53. The maximum atomic E-state index is 13.7. The van der Waals surface area contributed by atoms with E-state index in [1.165, 1.54) is 12.1 Å². The third kappa shape index (κ3) is 4.17. The molecule has 0 bridgehead atoms. The molecular formula is C25H29FN2O3S. The summed E-state index contributed by atoms with van der Waals surface area (Å²) >= 11 is -1.28.